The largest absolute Gasteiger partial charge is 0.496 e. The molecule has 2 aromatic rings. The molecule has 0 aliphatic rings. The van der Waals surface area contributed by atoms with Crippen LogP contribution in [0, 0.1) is 0 Å². The molecule has 0 saturated heterocycles. The van der Waals surface area contributed by atoms with Gasteiger partial charge in [-0.2, -0.15) is 0 Å². The number of nitrogens with one attached hydrogen (secondary N) is 1. The van der Waals surface area contributed by atoms with E-state index < -0.39 is 0 Å². The van der Waals surface area contributed by atoms with Gasteiger partial charge in [-0.25, -0.2) is 0 Å². The highest BCUT2D eigenvalue weighted by atomic mass is 35.5. The molecule has 5 heteroatoms. The number of hydrogen-bond acceptors (Lipinski definition) is 3. The summed E-state index contributed by atoms with van der Waals surface area (Å²) in [6.45, 7) is 2.47. The normalized spacial score (nSPS) is 11.6. The Balaban J connectivity index is 2.03. The third-order valence-corrected chi connectivity index (χ3v) is 3.85. The smallest absolute Gasteiger partial charge is 0.255 e. The van der Waals surface area contributed by atoms with E-state index in [0.717, 1.165) is 11.8 Å². The number of ether oxygens (including phenoxy) is 1. The maximum absolute atomic E-state index is 12.3. The van der Waals surface area contributed by atoms with Crippen LogP contribution in [0.1, 0.15) is 39.1 Å². The van der Waals surface area contributed by atoms with Crippen LogP contribution in [0.15, 0.2) is 42.5 Å². The van der Waals surface area contributed by atoms with Crippen LogP contribution in [0.3, 0.4) is 0 Å². The monoisotopic (exact) mass is 331 g/mol. The van der Waals surface area contributed by atoms with E-state index in [1.165, 1.54) is 7.11 Å². The zero-order valence-electron chi connectivity index (χ0n) is 13.0. The van der Waals surface area contributed by atoms with Gasteiger partial charge in [0.15, 0.2) is 0 Å². The summed E-state index contributed by atoms with van der Waals surface area (Å²) in [6, 6.07) is 12.2. The highest BCUT2D eigenvalue weighted by molar-refractivity contribution is 6.31. The Morgan fingerprint density at radius 2 is 1.96 bits per heavy atom. The van der Waals surface area contributed by atoms with E-state index in [9.17, 15) is 9.59 Å². The summed E-state index contributed by atoms with van der Waals surface area (Å²) in [4.78, 5) is 23.0. The Morgan fingerprint density at radius 1 is 1.26 bits per heavy atom. The fourth-order valence-corrected chi connectivity index (χ4v) is 2.39. The van der Waals surface area contributed by atoms with E-state index in [1.54, 1.807) is 30.3 Å². The maximum atomic E-state index is 12.3. The van der Waals surface area contributed by atoms with E-state index in [2.05, 4.69) is 5.32 Å². The van der Waals surface area contributed by atoms with Crippen LogP contribution >= 0.6 is 11.6 Å². The summed E-state index contributed by atoms with van der Waals surface area (Å²) in [6.07, 6.45) is 0.807. The van der Waals surface area contributed by atoms with E-state index in [1.807, 2.05) is 19.1 Å². The SMILES string of the molecule is COc1ccc(Cl)cc1C(=O)NCC(C)c1ccc(C=O)cc1. The first-order chi connectivity index (χ1) is 11.0. The van der Waals surface area contributed by atoms with Crippen molar-refractivity contribution in [3.05, 3.63) is 64.2 Å². The lowest BCUT2D eigenvalue weighted by Crippen LogP contribution is -2.27. The van der Waals surface area contributed by atoms with Crippen molar-refractivity contribution < 1.29 is 14.3 Å². The quantitative estimate of drug-likeness (QED) is 0.821. The molecule has 0 heterocycles. The number of hydrogen-bond donors (Lipinski definition) is 1. The highest BCUT2D eigenvalue weighted by Gasteiger charge is 2.14. The van der Waals surface area contributed by atoms with Gasteiger partial charge in [-0.3, -0.25) is 9.59 Å². The molecule has 0 aliphatic heterocycles. The molecule has 2 aromatic carbocycles. The second-order valence-electron chi connectivity index (χ2n) is 5.24. The van der Waals surface area contributed by atoms with Gasteiger partial charge in [-0.1, -0.05) is 42.8 Å². The average molecular weight is 332 g/mol. The third kappa shape index (κ3) is 4.33. The third-order valence-electron chi connectivity index (χ3n) is 3.62. The van der Waals surface area contributed by atoms with Crippen molar-refractivity contribution in [3.8, 4) is 5.75 Å². The van der Waals surface area contributed by atoms with Crippen molar-refractivity contribution in [3.63, 3.8) is 0 Å². The molecular weight excluding hydrogens is 314 g/mol. The Labute approximate surface area is 140 Å². The molecule has 4 nitrogen and oxygen atoms in total. The molecule has 1 amide bonds. The van der Waals surface area contributed by atoms with Gasteiger partial charge >= 0.3 is 0 Å². The van der Waals surface area contributed by atoms with Gasteiger partial charge in [0.2, 0.25) is 0 Å². The molecule has 0 spiro atoms. The molecule has 2 rings (SSSR count). The average Bonchev–Trinajstić information content (AvgIpc) is 2.59. The molecule has 23 heavy (non-hydrogen) atoms. The van der Waals surface area contributed by atoms with Gasteiger partial charge in [0.1, 0.15) is 12.0 Å². The van der Waals surface area contributed by atoms with Crippen molar-refractivity contribution in [2.45, 2.75) is 12.8 Å². The Hall–Kier alpha value is -2.33. The van der Waals surface area contributed by atoms with Crippen molar-refractivity contribution in [2.75, 3.05) is 13.7 Å². The van der Waals surface area contributed by atoms with Crippen molar-refractivity contribution in [1.82, 2.24) is 5.32 Å². The lowest BCUT2D eigenvalue weighted by molar-refractivity contribution is 0.0948. The van der Waals surface area contributed by atoms with Gasteiger partial charge in [0, 0.05) is 17.1 Å². The van der Waals surface area contributed by atoms with Crippen LogP contribution in [0.25, 0.3) is 0 Å². The molecule has 1 N–H and O–H groups in total. The number of aldehydes is 1. The molecule has 0 aliphatic carbocycles. The first kappa shape index (κ1) is 17.0. The number of benzene rings is 2. The van der Waals surface area contributed by atoms with Crippen LogP contribution in [0.4, 0.5) is 0 Å². The van der Waals surface area contributed by atoms with E-state index >= 15 is 0 Å². The minimum atomic E-state index is -0.235. The Kier molecular flexibility index (Phi) is 5.77. The summed E-state index contributed by atoms with van der Waals surface area (Å²) < 4.78 is 5.19. The van der Waals surface area contributed by atoms with E-state index in [4.69, 9.17) is 16.3 Å². The second kappa shape index (κ2) is 7.79. The first-order valence-corrected chi connectivity index (χ1v) is 7.60. The van der Waals surface area contributed by atoms with Crippen LogP contribution in [0.2, 0.25) is 5.02 Å². The zero-order chi connectivity index (χ0) is 16.8. The standard InChI is InChI=1S/C18H18ClNO3/c1-12(14-5-3-13(11-21)4-6-14)10-20-18(22)16-9-15(19)7-8-17(16)23-2/h3-9,11-12H,10H2,1-2H3,(H,20,22). The van der Waals surface area contributed by atoms with Gasteiger partial charge in [0.25, 0.3) is 5.91 Å². The Bertz CT molecular complexity index is 698. The van der Waals surface area contributed by atoms with Crippen LogP contribution in [-0.2, 0) is 0 Å². The summed E-state index contributed by atoms with van der Waals surface area (Å²) in [5, 5.41) is 3.36. The molecule has 0 fully saturated rings. The predicted octanol–water partition coefficient (Wildman–Crippen LogP) is 3.69. The number of methoxy groups -OCH3 is 1. The summed E-state index contributed by atoms with van der Waals surface area (Å²) in [7, 11) is 1.51. The fraction of sp³-hybridized carbons (Fsp3) is 0.222. The molecule has 0 saturated carbocycles. The van der Waals surface area contributed by atoms with E-state index in [0.29, 0.717) is 28.4 Å². The first-order valence-electron chi connectivity index (χ1n) is 7.22. The van der Waals surface area contributed by atoms with Crippen LogP contribution in [-0.4, -0.2) is 25.8 Å². The van der Waals surface area contributed by atoms with Crippen molar-refractivity contribution in [1.29, 1.82) is 0 Å². The lowest BCUT2D eigenvalue weighted by Gasteiger charge is -2.14. The maximum Gasteiger partial charge on any atom is 0.255 e. The zero-order valence-corrected chi connectivity index (χ0v) is 13.8. The molecule has 0 bridgehead atoms. The Morgan fingerprint density at radius 3 is 2.57 bits per heavy atom. The molecule has 1 atom stereocenters. The number of amides is 1. The summed E-state index contributed by atoms with van der Waals surface area (Å²) in [5.74, 6) is 0.362. The second-order valence-corrected chi connectivity index (χ2v) is 5.68. The van der Waals surface area contributed by atoms with Crippen molar-refractivity contribution in [2.24, 2.45) is 0 Å². The van der Waals surface area contributed by atoms with Crippen molar-refractivity contribution >= 4 is 23.8 Å². The summed E-state index contributed by atoms with van der Waals surface area (Å²) >= 11 is 5.94. The molecule has 1 unspecified atom stereocenters. The number of rotatable bonds is 6. The fourth-order valence-electron chi connectivity index (χ4n) is 2.22. The molecule has 0 radical (unpaired) electrons. The van der Waals surface area contributed by atoms with Crippen LogP contribution < -0.4 is 10.1 Å². The van der Waals surface area contributed by atoms with Gasteiger partial charge < -0.3 is 10.1 Å². The van der Waals surface area contributed by atoms with Crippen LogP contribution in [0.5, 0.6) is 5.75 Å². The lowest BCUT2D eigenvalue weighted by atomic mass is 10.00. The molecule has 120 valence electrons. The number of halogens is 1. The van der Waals surface area contributed by atoms with E-state index in [-0.39, 0.29) is 11.8 Å². The molecule has 0 aromatic heterocycles. The highest BCUT2D eigenvalue weighted by Crippen LogP contribution is 2.23. The minimum Gasteiger partial charge on any atom is -0.496 e. The minimum absolute atomic E-state index is 0.116. The topological polar surface area (TPSA) is 55.4 Å². The van der Waals surface area contributed by atoms with Gasteiger partial charge in [-0.15, -0.1) is 0 Å². The number of carbonyl (C=O) groups is 2. The summed E-state index contributed by atoms with van der Waals surface area (Å²) in [5.41, 5.74) is 2.09. The number of carbonyl (C=O) groups excluding carboxylic acids is 2. The van der Waals surface area contributed by atoms with Gasteiger partial charge in [0.05, 0.1) is 12.7 Å². The predicted molar refractivity (Wildman–Crippen MR) is 90.6 cm³/mol. The van der Waals surface area contributed by atoms with Gasteiger partial charge in [-0.05, 0) is 29.7 Å². The molecular formula is C18H18ClNO3.